The molecule has 0 aliphatic heterocycles. The van der Waals surface area contributed by atoms with Crippen molar-refractivity contribution in [1.82, 2.24) is 5.32 Å². The number of amides is 2. The van der Waals surface area contributed by atoms with Crippen molar-refractivity contribution in [3.05, 3.63) is 12.2 Å². The van der Waals surface area contributed by atoms with E-state index in [4.69, 9.17) is 10.8 Å². The second-order valence-electron chi connectivity index (χ2n) is 4.54. The van der Waals surface area contributed by atoms with Crippen molar-refractivity contribution < 1.29 is 14.7 Å². The number of carbonyl (C=O) groups excluding carboxylic acids is 2. The maximum atomic E-state index is 11.1. The summed E-state index contributed by atoms with van der Waals surface area (Å²) in [5.74, 6) is -0.370. The van der Waals surface area contributed by atoms with Crippen molar-refractivity contribution >= 4 is 11.8 Å². The second-order valence-corrected chi connectivity index (χ2v) is 4.54. The van der Waals surface area contributed by atoms with Gasteiger partial charge in [0.05, 0.1) is 6.61 Å². The lowest BCUT2D eigenvalue weighted by Crippen LogP contribution is -2.24. The molecule has 0 atom stereocenters. The van der Waals surface area contributed by atoms with Gasteiger partial charge in [0, 0.05) is 13.0 Å². The maximum Gasteiger partial charge on any atom is 0.243 e. The minimum absolute atomic E-state index is 0.0324. The van der Waals surface area contributed by atoms with E-state index in [0.29, 0.717) is 13.0 Å². The van der Waals surface area contributed by atoms with E-state index in [9.17, 15) is 9.59 Å². The van der Waals surface area contributed by atoms with Crippen molar-refractivity contribution in [2.24, 2.45) is 5.73 Å². The molecular formula is C14H26N2O3. The highest BCUT2D eigenvalue weighted by molar-refractivity contribution is 5.87. The third kappa shape index (κ3) is 14.6. The Kier molecular flexibility index (Phi) is 12.1. The van der Waals surface area contributed by atoms with Crippen molar-refractivity contribution in [2.45, 2.75) is 51.4 Å². The van der Waals surface area contributed by atoms with Crippen LogP contribution >= 0.6 is 0 Å². The van der Waals surface area contributed by atoms with Crippen LogP contribution in [0, 0.1) is 0 Å². The van der Waals surface area contributed by atoms with E-state index in [2.05, 4.69) is 5.32 Å². The molecule has 0 aromatic rings. The number of unbranched alkanes of at least 4 members (excludes halogenated alkanes) is 6. The molecule has 0 saturated heterocycles. The van der Waals surface area contributed by atoms with Gasteiger partial charge in [-0.25, -0.2) is 0 Å². The number of carbonyl (C=O) groups is 2. The molecule has 2 amide bonds. The SMILES string of the molecule is NC(=O)CCCCCCCCC=CC(=O)NCCO. The highest BCUT2D eigenvalue weighted by Gasteiger charge is 1.95. The van der Waals surface area contributed by atoms with Gasteiger partial charge < -0.3 is 16.2 Å². The number of aliphatic hydroxyl groups is 1. The largest absolute Gasteiger partial charge is 0.395 e. The van der Waals surface area contributed by atoms with Gasteiger partial charge in [-0.05, 0) is 25.3 Å². The van der Waals surface area contributed by atoms with E-state index in [0.717, 1.165) is 44.9 Å². The fourth-order valence-electron chi connectivity index (χ4n) is 1.70. The van der Waals surface area contributed by atoms with E-state index in [-0.39, 0.29) is 18.4 Å². The Balaban J connectivity index is 3.24. The molecule has 0 bridgehead atoms. The Labute approximate surface area is 115 Å². The molecule has 5 nitrogen and oxygen atoms in total. The van der Waals surface area contributed by atoms with Crippen LogP contribution < -0.4 is 11.1 Å². The quantitative estimate of drug-likeness (QED) is 0.368. The molecule has 0 fully saturated rings. The summed E-state index contributed by atoms with van der Waals surface area (Å²) in [6.07, 6.45) is 11.2. The number of nitrogens with one attached hydrogen (secondary N) is 1. The number of hydrogen-bond acceptors (Lipinski definition) is 3. The maximum absolute atomic E-state index is 11.1. The van der Waals surface area contributed by atoms with E-state index >= 15 is 0 Å². The highest BCUT2D eigenvalue weighted by Crippen LogP contribution is 2.08. The summed E-state index contributed by atoms with van der Waals surface area (Å²) in [5.41, 5.74) is 5.05. The minimum Gasteiger partial charge on any atom is -0.395 e. The zero-order valence-corrected chi connectivity index (χ0v) is 11.6. The lowest BCUT2D eigenvalue weighted by molar-refractivity contribution is -0.118. The Bertz CT molecular complexity index is 278. The molecule has 4 N–H and O–H groups in total. The van der Waals surface area contributed by atoms with Crippen molar-refractivity contribution in [1.29, 1.82) is 0 Å². The number of hydrogen-bond donors (Lipinski definition) is 3. The van der Waals surface area contributed by atoms with Crippen LogP contribution in [0.25, 0.3) is 0 Å². The Morgan fingerprint density at radius 3 is 2.32 bits per heavy atom. The van der Waals surface area contributed by atoms with Crippen LogP contribution in [0.1, 0.15) is 51.4 Å². The summed E-state index contributed by atoms with van der Waals surface area (Å²) in [6.45, 7) is 0.268. The lowest BCUT2D eigenvalue weighted by Gasteiger charge is -2.00. The van der Waals surface area contributed by atoms with Crippen LogP contribution in [0.2, 0.25) is 0 Å². The highest BCUT2D eigenvalue weighted by atomic mass is 16.3. The van der Waals surface area contributed by atoms with Crippen LogP contribution in [0.4, 0.5) is 0 Å². The van der Waals surface area contributed by atoms with Gasteiger partial charge >= 0.3 is 0 Å². The molecule has 110 valence electrons. The molecule has 0 aromatic heterocycles. The molecule has 0 saturated carbocycles. The summed E-state index contributed by atoms with van der Waals surface area (Å²) in [7, 11) is 0. The zero-order chi connectivity index (χ0) is 14.3. The van der Waals surface area contributed by atoms with Gasteiger partial charge in [-0.1, -0.05) is 31.8 Å². The third-order valence-corrected chi connectivity index (χ3v) is 2.72. The van der Waals surface area contributed by atoms with Gasteiger partial charge in [-0.2, -0.15) is 0 Å². The first-order valence-corrected chi connectivity index (χ1v) is 7.00. The standard InChI is InChI=1S/C14H26N2O3/c15-13(18)9-7-5-3-1-2-4-6-8-10-14(19)16-11-12-17/h8,10,17H,1-7,9,11-12H2,(H2,15,18)(H,16,19). The van der Waals surface area contributed by atoms with Crippen LogP contribution in [0.3, 0.4) is 0 Å². The minimum atomic E-state index is -0.218. The van der Waals surface area contributed by atoms with E-state index in [1.165, 1.54) is 6.08 Å². The van der Waals surface area contributed by atoms with Crippen LogP contribution in [0.5, 0.6) is 0 Å². The fraction of sp³-hybridized carbons (Fsp3) is 0.714. The van der Waals surface area contributed by atoms with E-state index in [1.54, 1.807) is 0 Å². The fourth-order valence-corrected chi connectivity index (χ4v) is 1.70. The van der Waals surface area contributed by atoms with Gasteiger partial charge in [0.2, 0.25) is 11.8 Å². The van der Waals surface area contributed by atoms with Gasteiger partial charge in [0.15, 0.2) is 0 Å². The molecule has 0 heterocycles. The summed E-state index contributed by atoms with van der Waals surface area (Å²) in [4.78, 5) is 21.6. The Morgan fingerprint density at radius 2 is 1.68 bits per heavy atom. The summed E-state index contributed by atoms with van der Waals surface area (Å²) < 4.78 is 0. The number of aliphatic hydroxyl groups excluding tert-OH is 1. The van der Waals surface area contributed by atoms with Crippen molar-refractivity contribution in [2.75, 3.05) is 13.2 Å². The molecule has 0 spiro atoms. The predicted octanol–water partition coefficient (Wildman–Crippen LogP) is 1.26. The molecule has 0 unspecified atom stereocenters. The lowest BCUT2D eigenvalue weighted by atomic mass is 10.1. The van der Waals surface area contributed by atoms with Crippen LogP contribution in [-0.4, -0.2) is 30.1 Å². The summed E-state index contributed by atoms with van der Waals surface area (Å²) in [6, 6.07) is 0. The van der Waals surface area contributed by atoms with Crippen LogP contribution in [0.15, 0.2) is 12.2 Å². The molecule has 0 radical (unpaired) electrons. The normalized spacial score (nSPS) is 10.8. The molecular weight excluding hydrogens is 244 g/mol. The second kappa shape index (κ2) is 13.1. The first-order valence-electron chi connectivity index (χ1n) is 7.00. The molecule has 19 heavy (non-hydrogen) atoms. The molecule has 0 rings (SSSR count). The molecule has 0 aromatic carbocycles. The Morgan fingerprint density at radius 1 is 1.05 bits per heavy atom. The predicted molar refractivity (Wildman–Crippen MR) is 75.4 cm³/mol. The number of nitrogens with two attached hydrogens (primary N) is 1. The van der Waals surface area contributed by atoms with Crippen molar-refractivity contribution in [3.63, 3.8) is 0 Å². The average Bonchev–Trinajstić information content (AvgIpc) is 2.38. The monoisotopic (exact) mass is 270 g/mol. The number of primary amides is 1. The van der Waals surface area contributed by atoms with Crippen molar-refractivity contribution in [3.8, 4) is 0 Å². The van der Waals surface area contributed by atoms with Gasteiger partial charge in [0.25, 0.3) is 0 Å². The average molecular weight is 270 g/mol. The zero-order valence-electron chi connectivity index (χ0n) is 11.6. The first kappa shape index (κ1) is 17.6. The molecule has 5 heteroatoms. The number of allylic oxidation sites excluding steroid dienone is 1. The number of rotatable bonds is 12. The van der Waals surface area contributed by atoms with E-state index < -0.39 is 0 Å². The third-order valence-electron chi connectivity index (χ3n) is 2.72. The summed E-state index contributed by atoms with van der Waals surface area (Å²) >= 11 is 0. The van der Waals surface area contributed by atoms with Gasteiger partial charge in [-0.15, -0.1) is 0 Å². The topological polar surface area (TPSA) is 92.4 Å². The molecule has 0 aliphatic rings. The van der Waals surface area contributed by atoms with Gasteiger partial charge in [-0.3, -0.25) is 9.59 Å². The van der Waals surface area contributed by atoms with Crippen LogP contribution in [-0.2, 0) is 9.59 Å². The summed E-state index contributed by atoms with van der Waals surface area (Å²) in [5, 5.41) is 11.1. The smallest absolute Gasteiger partial charge is 0.243 e. The molecule has 0 aliphatic carbocycles. The Hall–Kier alpha value is -1.36. The van der Waals surface area contributed by atoms with Gasteiger partial charge in [0.1, 0.15) is 0 Å². The first-order chi connectivity index (χ1) is 9.16. The van der Waals surface area contributed by atoms with E-state index in [1.807, 2.05) is 6.08 Å².